The fourth-order valence-corrected chi connectivity index (χ4v) is 2.24. The number of rotatable bonds is 4. The van der Waals surface area contributed by atoms with Crippen molar-refractivity contribution in [2.75, 3.05) is 18.5 Å². The molecule has 3 rings (SSSR count). The summed E-state index contributed by atoms with van der Waals surface area (Å²) >= 11 is 0. The van der Waals surface area contributed by atoms with E-state index in [1.165, 1.54) is 0 Å². The number of ether oxygens (including phenoxy) is 2. The Morgan fingerprint density at radius 1 is 1.42 bits per heavy atom. The molecule has 0 unspecified atom stereocenters. The molecular formula is C14H18N2O3. The summed E-state index contributed by atoms with van der Waals surface area (Å²) in [7, 11) is 0. The zero-order valence-electron chi connectivity index (χ0n) is 10.8. The van der Waals surface area contributed by atoms with Gasteiger partial charge in [0, 0.05) is 30.3 Å². The Morgan fingerprint density at radius 3 is 3.00 bits per heavy atom. The molecule has 1 amide bonds. The van der Waals surface area contributed by atoms with E-state index in [1.54, 1.807) is 18.3 Å². The third kappa shape index (κ3) is 3.04. The summed E-state index contributed by atoms with van der Waals surface area (Å²) in [6.07, 6.45) is 5.77. The molecule has 1 aromatic rings. The summed E-state index contributed by atoms with van der Waals surface area (Å²) in [4.78, 5) is 16.0. The monoisotopic (exact) mass is 262 g/mol. The van der Waals surface area contributed by atoms with Gasteiger partial charge in [-0.05, 0) is 18.9 Å². The van der Waals surface area contributed by atoms with E-state index in [2.05, 4.69) is 10.3 Å². The molecule has 102 valence electrons. The third-order valence-electron chi connectivity index (χ3n) is 3.65. The molecule has 1 aliphatic carbocycles. The van der Waals surface area contributed by atoms with Crippen molar-refractivity contribution >= 4 is 11.6 Å². The summed E-state index contributed by atoms with van der Waals surface area (Å²) in [6.45, 7) is 1.35. The van der Waals surface area contributed by atoms with Gasteiger partial charge < -0.3 is 14.8 Å². The first-order chi connectivity index (χ1) is 9.31. The number of nitrogens with one attached hydrogen (secondary N) is 1. The highest BCUT2D eigenvalue weighted by molar-refractivity contribution is 5.93. The van der Waals surface area contributed by atoms with Crippen LogP contribution >= 0.6 is 0 Å². The lowest BCUT2D eigenvalue weighted by atomic mass is 9.85. The van der Waals surface area contributed by atoms with Gasteiger partial charge in [0.05, 0.1) is 13.2 Å². The number of carbonyl (C=O) groups excluding carboxylic acids is 1. The quantitative estimate of drug-likeness (QED) is 0.901. The van der Waals surface area contributed by atoms with Crippen molar-refractivity contribution in [3.63, 3.8) is 0 Å². The molecule has 0 radical (unpaired) electrons. The average Bonchev–Trinajstić information content (AvgIpc) is 2.79. The van der Waals surface area contributed by atoms with E-state index in [0.717, 1.165) is 38.0 Å². The first-order valence-corrected chi connectivity index (χ1v) is 6.82. The minimum Gasteiger partial charge on any atom is -0.472 e. The SMILES string of the molecule is O=C(Nc1ccnc(O[C@@H]2CCOC2)c1)C1CCC1. The highest BCUT2D eigenvalue weighted by atomic mass is 16.5. The summed E-state index contributed by atoms with van der Waals surface area (Å²) in [6, 6.07) is 3.56. The number of nitrogens with zero attached hydrogens (tertiary/aromatic N) is 1. The molecule has 19 heavy (non-hydrogen) atoms. The Morgan fingerprint density at radius 2 is 2.32 bits per heavy atom. The fraction of sp³-hybridized carbons (Fsp3) is 0.571. The smallest absolute Gasteiger partial charge is 0.227 e. The van der Waals surface area contributed by atoms with E-state index in [1.807, 2.05) is 0 Å². The summed E-state index contributed by atoms with van der Waals surface area (Å²) in [5.41, 5.74) is 0.751. The average molecular weight is 262 g/mol. The highest BCUT2D eigenvalue weighted by Crippen LogP contribution is 2.28. The zero-order valence-corrected chi connectivity index (χ0v) is 10.8. The van der Waals surface area contributed by atoms with E-state index >= 15 is 0 Å². The number of aromatic nitrogens is 1. The zero-order chi connectivity index (χ0) is 13.1. The summed E-state index contributed by atoms with van der Waals surface area (Å²) in [5.74, 6) is 0.829. The molecule has 1 N–H and O–H groups in total. The second-order valence-corrected chi connectivity index (χ2v) is 5.10. The van der Waals surface area contributed by atoms with Crippen LogP contribution in [0, 0.1) is 5.92 Å². The predicted octanol–water partition coefficient (Wildman–Crippen LogP) is 1.99. The lowest BCUT2D eigenvalue weighted by molar-refractivity contribution is -0.122. The van der Waals surface area contributed by atoms with Gasteiger partial charge in [-0.2, -0.15) is 0 Å². The highest BCUT2D eigenvalue weighted by Gasteiger charge is 2.25. The van der Waals surface area contributed by atoms with Crippen LogP contribution in [0.5, 0.6) is 5.88 Å². The lowest BCUT2D eigenvalue weighted by Gasteiger charge is -2.24. The maximum Gasteiger partial charge on any atom is 0.227 e. The van der Waals surface area contributed by atoms with Crippen molar-refractivity contribution < 1.29 is 14.3 Å². The van der Waals surface area contributed by atoms with Crippen molar-refractivity contribution in [3.8, 4) is 5.88 Å². The van der Waals surface area contributed by atoms with Crippen LogP contribution in [0.25, 0.3) is 0 Å². The van der Waals surface area contributed by atoms with Crippen molar-refractivity contribution in [2.24, 2.45) is 5.92 Å². The van der Waals surface area contributed by atoms with Crippen LogP contribution in [0.1, 0.15) is 25.7 Å². The third-order valence-corrected chi connectivity index (χ3v) is 3.65. The van der Waals surface area contributed by atoms with Crippen LogP contribution in [0.15, 0.2) is 18.3 Å². The minimum absolute atomic E-state index is 0.0742. The lowest BCUT2D eigenvalue weighted by Crippen LogP contribution is -2.28. The number of pyridine rings is 1. The Kier molecular flexibility index (Phi) is 3.64. The van der Waals surface area contributed by atoms with Crippen molar-refractivity contribution in [1.82, 2.24) is 4.98 Å². The van der Waals surface area contributed by atoms with Crippen LogP contribution in [-0.4, -0.2) is 30.2 Å². The van der Waals surface area contributed by atoms with E-state index < -0.39 is 0 Å². The van der Waals surface area contributed by atoms with Gasteiger partial charge in [0.2, 0.25) is 11.8 Å². The van der Waals surface area contributed by atoms with Gasteiger partial charge in [-0.25, -0.2) is 4.98 Å². The molecule has 0 spiro atoms. The maximum atomic E-state index is 11.9. The van der Waals surface area contributed by atoms with Crippen molar-refractivity contribution in [2.45, 2.75) is 31.8 Å². The van der Waals surface area contributed by atoms with Gasteiger partial charge >= 0.3 is 0 Å². The van der Waals surface area contributed by atoms with Gasteiger partial charge in [0.15, 0.2) is 0 Å². The second-order valence-electron chi connectivity index (χ2n) is 5.10. The minimum atomic E-state index is 0.0742. The largest absolute Gasteiger partial charge is 0.472 e. The van der Waals surface area contributed by atoms with Crippen molar-refractivity contribution in [3.05, 3.63) is 18.3 Å². The molecular weight excluding hydrogens is 244 g/mol. The van der Waals surface area contributed by atoms with Crippen LogP contribution in [0.2, 0.25) is 0 Å². The number of hydrogen-bond donors (Lipinski definition) is 1. The van der Waals surface area contributed by atoms with Crippen molar-refractivity contribution in [1.29, 1.82) is 0 Å². The molecule has 5 nitrogen and oxygen atoms in total. The van der Waals surface area contributed by atoms with Crippen LogP contribution in [0.4, 0.5) is 5.69 Å². The van der Waals surface area contributed by atoms with Crippen LogP contribution in [0.3, 0.4) is 0 Å². The molecule has 5 heteroatoms. The van der Waals surface area contributed by atoms with Gasteiger partial charge in [0.1, 0.15) is 6.10 Å². The van der Waals surface area contributed by atoms with Gasteiger partial charge in [-0.3, -0.25) is 4.79 Å². The molecule has 1 aliphatic heterocycles. The van der Waals surface area contributed by atoms with E-state index in [4.69, 9.17) is 9.47 Å². The standard InChI is InChI=1S/C14H18N2O3/c17-14(10-2-1-3-10)16-11-4-6-15-13(8-11)19-12-5-7-18-9-12/h4,6,8,10,12H,1-3,5,7,9H2,(H,15,16,17)/t12-/m1/s1. The fourth-order valence-electron chi connectivity index (χ4n) is 2.24. The number of amides is 1. The Hall–Kier alpha value is -1.62. The van der Waals surface area contributed by atoms with Gasteiger partial charge in [-0.1, -0.05) is 6.42 Å². The molecule has 0 bridgehead atoms. The topological polar surface area (TPSA) is 60.5 Å². The van der Waals surface area contributed by atoms with E-state index in [0.29, 0.717) is 12.5 Å². The number of hydrogen-bond acceptors (Lipinski definition) is 4. The van der Waals surface area contributed by atoms with E-state index in [-0.39, 0.29) is 17.9 Å². The normalized spacial score (nSPS) is 22.8. The predicted molar refractivity (Wildman–Crippen MR) is 70.1 cm³/mol. The molecule has 2 heterocycles. The Bertz CT molecular complexity index is 454. The number of carbonyl (C=O) groups is 1. The van der Waals surface area contributed by atoms with Gasteiger partial charge in [0.25, 0.3) is 0 Å². The maximum absolute atomic E-state index is 11.9. The molecule has 1 atom stereocenters. The molecule has 1 saturated heterocycles. The molecule has 0 aromatic carbocycles. The summed E-state index contributed by atoms with van der Waals surface area (Å²) < 4.78 is 11.0. The van der Waals surface area contributed by atoms with Crippen LogP contribution < -0.4 is 10.1 Å². The molecule has 2 aliphatic rings. The summed E-state index contributed by atoms with van der Waals surface area (Å²) in [5, 5.41) is 2.92. The van der Waals surface area contributed by atoms with Crippen LogP contribution in [-0.2, 0) is 9.53 Å². The Labute approximate surface area is 112 Å². The second kappa shape index (κ2) is 5.57. The first kappa shape index (κ1) is 12.4. The molecule has 1 saturated carbocycles. The molecule has 2 fully saturated rings. The van der Waals surface area contributed by atoms with Gasteiger partial charge in [-0.15, -0.1) is 0 Å². The van der Waals surface area contributed by atoms with E-state index in [9.17, 15) is 4.79 Å². The Balaban J connectivity index is 1.60. The molecule has 1 aromatic heterocycles. The first-order valence-electron chi connectivity index (χ1n) is 6.82. The number of anilines is 1.